The highest BCUT2D eigenvalue weighted by molar-refractivity contribution is 5.81. The second-order valence-electron chi connectivity index (χ2n) is 8.83. The van der Waals surface area contributed by atoms with Crippen LogP contribution in [0.2, 0.25) is 0 Å². The Bertz CT molecular complexity index is 1300. The molecule has 7 rings (SSSR count). The van der Waals surface area contributed by atoms with Crippen molar-refractivity contribution < 1.29 is 0 Å². The molecule has 0 spiro atoms. The Morgan fingerprint density at radius 3 is 1.57 bits per heavy atom. The lowest BCUT2D eigenvalue weighted by Crippen LogP contribution is -1.88. The molecule has 2 aliphatic carbocycles. The predicted octanol–water partition coefficient (Wildman–Crippen LogP) is 6.41. The molecule has 0 aromatic carbocycles. The SMILES string of the molecule is C1=Cc2nc1cc1nc(c(C3CC3)c3ccc(cc4ccc([nH]4)c2C2CC2)[nH]3)C=C1. The number of nitrogens with zero attached hydrogens (tertiary/aromatic N) is 2. The number of nitrogens with one attached hydrogen (secondary N) is 2. The zero-order chi connectivity index (χ0) is 19.7. The van der Waals surface area contributed by atoms with Gasteiger partial charge in [0.25, 0.3) is 0 Å². The van der Waals surface area contributed by atoms with E-state index in [2.05, 4.69) is 70.7 Å². The monoisotopic (exact) mass is 390 g/mol. The van der Waals surface area contributed by atoms with E-state index < -0.39 is 0 Å². The van der Waals surface area contributed by atoms with Crippen LogP contribution in [0.1, 0.15) is 71.4 Å². The number of fused-ring (bicyclic) bond motifs is 8. The Kier molecular flexibility index (Phi) is 3.31. The molecule has 2 N–H and O–H groups in total. The van der Waals surface area contributed by atoms with E-state index in [9.17, 15) is 0 Å². The molecule has 0 atom stereocenters. The molecule has 0 radical (unpaired) electrons. The summed E-state index contributed by atoms with van der Waals surface area (Å²) in [5, 5.41) is 0. The predicted molar refractivity (Wildman–Crippen MR) is 123 cm³/mol. The first-order valence-corrected chi connectivity index (χ1v) is 10.9. The minimum absolute atomic E-state index is 0.606. The van der Waals surface area contributed by atoms with Gasteiger partial charge in [-0.25, -0.2) is 9.97 Å². The highest BCUT2D eigenvalue weighted by Gasteiger charge is 2.29. The molecule has 0 unspecified atom stereocenters. The average Bonchev–Trinajstić information content (AvgIpc) is 3.51. The fraction of sp³-hybridized carbons (Fsp3) is 0.231. The van der Waals surface area contributed by atoms with Crippen molar-refractivity contribution in [2.24, 2.45) is 0 Å². The van der Waals surface area contributed by atoms with Crippen LogP contribution in [0.15, 0.2) is 36.4 Å². The first-order valence-electron chi connectivity index (χ1n) is 10.9. The van der Waals surface area contributed by atoms with Crippen LogP contribution in [-0.4, -0.2) is 19.9 Å². The molecule has 3 aromatic rings. The Labute approximate surface area is 174 Å². The highest BCUT2D eigenvalue weighted by Crippen LogP contribution is 2.45. The van der Waals surface area contributed by atoms with E-state index in [1.54, 1.807) is 0 Å². The number of aromatic amines is 2. The van der Waals surface area contributed by atoms with Crippen molar-refractivity contribution in [2.75, 3.05) is 0 Å². The summed E-state index contributed by atoms with van der Waals surface area (Å²) < 4.78 is 0. The van der Waals surface area contributed by atoms with Crippen molar-refractivity contribution in [3.05, 3.63) is 70.3 Å². The van der Waals surface area contributed by atoms with Gasteiger partial charge in [-0.3, -0.25) is 0 Å². The van der Waals surface area contributed by atoms with E-state index in [1.807, 2.05) is 0 Å². The van der Waals surface area contributed by atoms with Crippen molar-refractivity contribution in [3.63, 3.8) is 0 Å². The van der Waals surface area contributed by atoms with Crippen LogP contribution in [-0.2, 0) is 0 Å². The first kappa shape index (κ1) is 16.4. The Balaban J connectivity index is 1.58. The van der Waals surface area contributed by atoms with E-state index in [4.69, 9.17) is 9.97 Å². The van der Waals surface area contributed by atoms with Crippen molar-refractivity contribution >= 4 is 46.4 Å². The lowest BCUT2D eigenvalue weighted by atomic mass is 10.1. The minimum Gasteiger partial charge on any atom is -0.355 e. The van der Waals surface area contributed by atoms with Crippen molar-refractivity contribution in [1.29, 1.82) is 0 Å². The van der Waals surface area contributed by atoms with Gasteiger partial charge in [-0.1, -0.05) is 0 Å². The van der Waals surface area contributed by atoms with Gasteiger partial charge >= 0.3 is 0 Å². The number of aromatic nitrogens is 4. The molecular formula is C26H22N4. The van der Waals surface area contributed by atoms with Crippen molar-refractivity contribution in [2.45, 2.75) is 37.5 Å². The zero-order valence-corrected chi connectivity index (χ0v) is 16.7. The smallest absolute Gasteiger partial charge is 0.0693 e. The molecule has 0 amide bonds. The quantitative estimate of drug-likeness (QED) is 0.366. The largest absolute Gasteiger partial charge is 0.355 e. The lowest BCUT2D eigenvalue weighted by Gasteiger charge is -2.00. The summed E-state index contributed by atoms with van der Waals surface area (Å²) in [4.78, 5) is 17.2. The second kappa shape index (κ2) is 6.05. The molecule has 4 heteroatoms. The summed E-state index contributed by atoms with van der Waals surface area (Å²) in [6, 6.07) is 13.0. The molecule has 3 aromatic heterocycles. The van der Waals surface area contributed by atoms with E-state index in [0.29, 0.717) is 11.8 Å². The van der Waals surface area contributed by atoms with Crippen LogP contribution in [0.4, 0.5) is 0 Å². The molecule has 2 aliphatic heterocycles. The molecule has 30 heavy (non-hydrogen) atoms. The number of hydrogen-bond donors (Lipinski definition) is 2. The average molecular weight is 390 g/mol. The summed E-state index contributed by atoms with van der Waals surface area (Å²) in [5.41, 5.74) is 11.4. The maximum Gasteiger partial charge on any atom is 0.0693 e. The number of hydrogen-bond acceptors (Lipinski definition) is 2. The summed E-state index contributed by atoms with van der Waals surface area (Å²) in [6.07, 6.45) is 13.5. The van der Waals surface area contributed by atoms with Gasteiger partial charge < -0.3 is 9.97 Å². The molecule has 0 saturated heterocycles. The van der Waals surface area contributed by atoms with Gasteiger partial charge in [0, 0.05) is 33.2 Å². The van der Waals surface area contributed by atoms with Gasteiger partial charge in [0.05, 0.1) is 22.8 Å². The summed E-state index contributed by atoms with van der Waals surface area (Å²) >= 11 is 0. The summed E-state index contributed by atoms with van der Waals surface area (Å²) in [7, 11) is 0. The van der Waals surface area contributed by atoms with Crippen molar-refractivity contribution in [3.8, 4) is 0 Å². The molecule has 2 saturated carbocycles. The highest BCUT2D eigenvalue weighted by atomic mass is 14.8. The Hall–Kier alpha value is -3.40. The molecule has 146 valence electrons. The van der Waals surface area contributed by atoms with Crippen LogP contribution in [0.25, 0.3) is 46.4 Å². The number of rotatable bonds is 2. The van der Waals surface area contributed by atoms with E-state index >= 15 is 0 Å². The van der Waals surface area contributed by atoms with Crippen LogP contribution in [0.5, 0.6) is 0 Å². The maximum atomic E-state index is 4.95. The Morgan fingerprint density at radius 1 is 0.600 bits per heavy atom. The van der Waals surface area contributed by atoms with E-state index in [0.717, 1.165) is 33.8 Å². The van der Waals surface area contributed by atoms with Crippen LogP contribution in [0.3, 0.4) is 0 Å². The fourth-order valence-electron chi connectivity index (χ4n) is 4.72. The fourth-order valence-corrected chi connectivity index (χ4v) is 4.72. The summed E-state index contributed by atoms with van der Waals surface area (Å²) in [6.45, 7) is 0. The molecule has 5 heterocycles. The molecule has 8 bridgehead atoms. The van der Waals surface area contributed by atoms with Gasteiger partial charge in [0.15, 0.2) is 0 Å². The van der Waals surface area contributed by atoms with Crippen LogP contribution in [0, 0.1) is 0 Å². The summed E-state index contributed by atoms with van der Waals surface area (Å²) in [5.74, 6) is 1.21. The molecule has 2 fully saturated rings. The molecule has 4 aliphatic rings. The third-order valence-corrected chi connectivity index (χ3v) is 6.45. The zero-order valence-electron chi connectivity index (χ0n) is 16.7. The van der Waals surface area contributed by atoms with Crippen LogP contribution >= 0.6 is 0 Å². The van der Waals surface area contributed by atoms with Gasteiger partial charge in [-0.05, 0) is 98.2 Å². The van der Waals surface area contributed by atoms with E-state index in [1.165, 1.54) is 47.8 Å². The number of H-pyrrole nitrogens is 2. The van der Waals surface area contributed by atoms with Gasteiger partial charge in [0.2, 0.25) is 0 Å². The minimum atomic E-state index is 0.606. The van der Waals surface area contributed by atoms with Gasteiger partial charge in [-0.15, -0.1) is 0 Å². The van der Waals surface area contributed by atoms with Gasteiger partial charge in [-0.2, -0.15) is 0 Å². The maximum absolute atomic E-state index is 4.95. The normalized spacial score (nSPS) is 17.6. The van der Waals surface area contributed by atoms with Crippen LogP contribution < -0.4 is 0 Å². The molecular weight excluding hydrogens is 368 g/mol. The molecule has 4 nitrogen and oxygen atoms in total. The Morgan fingerprint density at radius 2 is 1.10 bits per heavy atom. The standard InChI is InChI=1S/C26H22N4/c1-2-15(1)25-21-9-5-17(27-21)13-19-7-11-23(29-19)26(16-3-4-16)24-12-8-20(30-24)14-18-6-10-22(25)28-18/h5-16,27,29H,1-4H2. The van der Waals surface area contributed by atoms with E-state index in [-0.39, 0.29) is 0 Å². The third-order valence-electron chi connectivity index (χ3n) is 6.45. The second-order valence-corrected chi connectivity index (χ2v) is 8.83. The topological polar surface area (TPSA) is 57.4 Å². The van der Waals surface area contributed by atoms with Crippen molar-refractivity contribution in [1.82, 2.24) is 19.9 Å². The third kappa shape index (κ3) is 2.75. The first-order chi connectivity index (χ1) is 14.8. The van der Waals surface area contributed by atoms with Gasteiger partial charge in [0.1, 0.15) is 0 Å². The lowest BCUT2D eigenvalue weighted by molar-refractivity contribution is 1.10.